The van der Waals surface area contributed by atoms with Gasteiger partial charge in [0.15, 0.2) is 5.11 Å². The molecule has 3 aromatic rings. The SMILES string of the molecule is COc1ccc(CN(Cc2ccccc2F)C(=S)Nc2cccc(OC)c2)cc1. The first kappa shape index (κ1) is 20.6. The van der Waals surface area contributed by atoms with Gasteiger partial charge in [-0.25, -0.2) is 4.39 Å². The van der Waals surface area contributed by atoms with Crippen LogP contribution in [0.1, 0.15) is 11.1 Å². The average molecular weight is 411 g/mol. The molecule has 0 saturated heterocycles. The molecule has 0 radical (unpaired) electrons. The van der Waals surface area contributed by atoms with Crippen molar-refractivity contribution in [3.8, 4) is 11.5 Å². The fraction of sp³-hybridized carbons (Fsp3) is 0.174. The number of benzene rings is 3. The van der Waals surface area contributed by atoms with E-state index in [1.165, 1.54) is 6.07 Å². The molecule has 0 amide bonds. The molecule has 0 fully saturated rings. The van der Waals surface area contributed by atoms with E-state index in [1.54, 1.807) is 26.4 Å². The number of nitrogens with one attached hydrogen (secondary N) is 1. The number of anilines is 1. The molecule has 3 rings (SSSR count). The lowest BCUT2D eigenvalue weighted by Gasteiger charge is -2.26. The van der Waals surface area contributed by atoms with E-state index in [0.29, 0.717) is 23.8 Å². The van der Waals surface area contributed by atoms with E-state index in [2.05, 4.69) is 5.32 Å². The molecular formula is C23H23FN2O2S. The third-order valence-electron chi connectivity index (χ3n) is 4.46. The van der Waals surface area contributed by atoms with E-state index in [1.807, 2.05) is 59.5 Å². The lowest BCUT2D eigenvalue weighted by atomic mass is 10.1. The molecule has 4 nitrogen and oxygen atoms in total. The van der Waals surface area contributed by atoms with Crippen molar-refractivity contribution in [2.75, 3.05) is 19.5 Å². The third-order valence-corrected chi connectivity index (χ3v) is 4.82. The number of ether oxygens (including phenoxy) is 2. The Morgan fingerprint density at radius 3 is 2.31 bits per heavy atom. The van der Waals surface area contributed by atoms with Crippen LogP contribution in [0.3, 0.4) is 0 Å². The summed E-state index contributed by atoms with van der Waals surface area (Å²) in [6, 6.07) is 22.0. The van der Waals surface area contributed by atoms with Crippen LogP contribution in [0.2, 0.25) is 0 Å². The van der Waals surface area contributed by atoms with Gasteiger partial charge in [-0.15, -0.1) is 0 Å². The Morgan fingerprint density at radius 1 is 0.897 bits per heavy atom. The van der Waals surface area contributed by atoms with E-state index in [4.69, 9.17) is 21.7 Å². The van der Waals surface area contributed by atoms with Crippen molar-refractivity contribution in [1.29, 1.82) is 0 Å². The van der Waals surface area contributed by atoms with Gasteiger partial charge in [-0.1, -0.05) is 36.4 Å². The van der Waals surface area contributed by atoms with Gasteiger partial charge in [0, 0.05) is 30.4 Å². The van der Waals surface area contributed by atoms with Gasteiger partial charge in [0.2, 0.25) is 0 Å². The molecule has 1 N–H and O–H groups in total. The van der Waals surface area contributed by atoms with Gasteiger partial charge in [0.25, 0.3) is 0 Å². The average Bonchev–Trinajstić information content (AvgIpc) is 2.75. The number of nitrogens with zero attached hydrogens (tertiary/aromatic N) is 1. The molecule has 0 spiro atoms. The largest absolute Gasteiger partial charge is 0.497 e. The predicted octanol–water partition coefficient (Wildman–Crippen LogP) is 5.24. The monoisotopic (exact) mass is 410 g/mol. The summed E-state index contributed by atoms with van der Waals surface area (Å²) < 4.78 is 24.7. The van der Waals surface area contributed by atoms with Gasteiger partial charge >= 0.3 is 0 Å². The molecule has 29 heavy (non-hydrogen) atoms. The van der Waals surface area contributed by atoms with E-state index < -0.39 is 0 Å². The number of thiocarbonyl (C=S) groups is 1. The Morgan fingerprint density at radius 2 is 1.62 bits per heavy atom. The Bertz CT molecular complexity index is 963. The molecule has 0 saturated carbocycles. The van der Waals surface area contributed by atoms with Crippen LogP contribution in [0, 0.1) is 5.82 Å². The molecular weight excluding hydrogens is 387 g/mol. The van der Waals surface area contributed by atoms with Crippen LogP contribution >= 0.6 is 12.2 Å². The van der Waals surface area contributed by atoms with Gasteiger partial charge in [-0.05, 0) is 48.1 Å². The van der Waals surface area contributed by atoms with Crippen LogP contribution in [0.25, 0.3) is 0 Å². The van der Waals surface area contributed by atoms with Crippen molar-refractivity contribution < 1.29 is 13.9 Å². The molecule has 0 bridgehead atoms. The van der Waals surface area contributed by atoms with Crippen molar-refractivity contribution in [3.05, 3.63) is 89.7 Å². The highest BCUT2D eigenvalue weighted by Crippen LogP contribution is 2.20. The zero-order chi connectivity index (χ0) is 20.6. The normalized spacial score (nSPS) is 10.3. The topological polar surface area (TPSA) is 33.7 Å². The molecule has 3 aromatic carbocycles. The number of rotatable bonds is 7. The van der Waals surface area contributed by atoms with Crippen molar-refractivity contribution in [3.63, 3.8) is 0 Å². The number of hydrogen-bond donors (Lipinski definition) is 1. The maximum absolute atomic E-state index is 14.3. The van der Waals surface area contributed by atoms with Crippen molar-refractivity contribution in [2.24, 2.45) is 0 Å². The minimum absolute atomic E-state index is 0.253. The second-order valence-electron chi connectivity index (χ2n) is 6.46. The third kappa shape index (κ3) is 5.68. The predicted molar refractivity (Wildman–Crippen MR) is 118 cm³/mol. The van der Waals surface area contributed by atoms with Crippen LogP contribution in [-0.2, 0) is 13.1 Å². The number of halogens is 1. The molecule has 0 unspecified atom stereocenters. The summed E-state index contributed by atoms with van der Waals surface area (Å²) in [5.41, 5.74) is 2.43. The molecule has 0 aromatic heterocycles. The molecule has 0 atom stereocenters. The number of hydrogen-bond acceptors (Lipinski definition) is 3. The minimum Gasteiger partial charge on any atom is -0.497 e. The molecule has 0 aliphatic heterocycles. The lowest BCUT2D eigenvalue weighted by Crippen LogP contribution is -2.34. The van der Waals surface area contributed by atoms with Gasteiger partial charge < -0.3 is 19.7 Å². The standard InChI is InChI=1S/C23H23FN2O2S/c1-27-20-12-10-17(11-13-20)15-26(16-18-6-3-4-9-22(18)24)23(29)25-19-7-5-8-21(14-19)28-2/h3-14H,15-16H2,1-2H3,(H,25,29). The Labute approximate surface area is 175 Å². The van der Waals surface area contributed by atoms with Crippen LogP contribution in [0.4, 0.5) is 10.1 Å². The number of methoxy groups -OCH3 is 2. The first-order chi connectivity index (χ1) is 14.1. The highest BCUT2D eigenvalue weighted by molar-refractivity contribution is 7.80. The van der Waals surface area contributed by atoms with E-state index >= 15 is 0 Å². The van der Waals surface area contributed by atoms with Crippen LogP contribution in [0.5, 0.6) is 11.5 Å². The van der Waals surface area contributed by atoms with Crippen molar-refractivity contribution >= 4 is 23.0 Å². The summed E-state index contributed by atoms with van der Waals surface area (Å²) in [5.74, 6) is 1.26. The Balaban J connectivity index is 1.81. The fourth-order valence-electron chi connectivity index (χ4n) is 2.89. The second kappa shape index (κ2) is 9.89. The molecule has 0 aliphatic rings. The van der Waals surface area contributed by atoms with Gasteiger partial charge in [0.05, 0.1) is 14.2 Å². The van der Waals surface area contributed by atoms with Crippen LogP contribution < -0.4 is 14.8 Å². The molecule has 0 heterocycles. The summed E-state index contributed by atoms with van der Waals surface area (Å²) in [6.07, 6.45) is 0. The zero-order valence-electron chi connectivity index (χ0n) is 16.4. The molecule has 0 aliphatic carbocycles. The quantitative estimate of drug-likeness (QED) is 0.539. The van der Waals surface area contributed by atoms with Crippen molar-refractivity contribution in [2.45, 2.75) is 13.1 Å². The summed E-state index contributed by atoms with van der Waals surface area (Å²) >= 11 is 5.65. The fourth-order valence-corrected chi connectivity index (χ4v) is 3.13. The van der Waals surface area contributed by atoms with Crippen LogP contribution in [0.15, 0.2) is 72.8 Å². The highest BCUT2D eigenvalue weighted by atomic mass is 32.1. The highest BCUT2D eigenvalue weighted by Gasteiger charge is 2.14. The molecule has 6 heteroatoms. The summed E-state index contributed by atoms with van der Waals surface area (Å²) in [4.78, 5) is 1.93. The summed E-state index contributed by atoms with van der Waals surface area (Å²) in [5, 5.41) is 3.73. The lowest BCUT2D eigenvalue weighted by molar-refractivity contribution is 0.400. The molecule has 150 valence electrons. The van der Waals surface area contributed by atoms with E-state index in [0.717, 1.165) is 22.7 Å². The summed E-state index contributed by atoms with van der Waals surface area (Å²) in [6.45, 7) is 0.864. The summed E-state index contributed by atoms with van der Waals surface area (Å²) in [7, 11) is 3.25. The van der Waals surface area contributed by atoms with Gasteiger partial charge in [-0.3, -0.25) is 0 Å². The smallest absolute Gasteiger partial charge is 0.174 e. The van der Waals surface area contributed by atoms with Gasteiger partial charge in [0.1, 0.15) is 17.3 Å². The second-order valence-corrected chi connectivity index (χ2v) is 6.84. The minimum atomic E-state index is -0.253. The first-order valence-electron chi connectivity index (χ1n) is 9.15. The zero-order valence-corrected chi connectivity index (χ0v) is 17.2. The van der Waals surface area contributed by atoms with Gasteiger partial charge in [-0.2, -0.15) is 0 Å². The Kier molecular flexibility index (Phi) is 7.03. The Hall–Kier alpha value is -3.12. The first-order valence-corrected chi connectivity index (χ1v) is 9.56. The van der Waals surface area contributed by atoms with E-state index in [9.17, 15) is 4.39 Å². The van der Waals surface area contributed by atoms with E-state index in [-0.39, 0.29) is 5.82 Å². The maximum Gasteiger partial charge on any atom is 0.174 e. The van der Waals surface area contributed by atoms with Crippen molar-refractivity contribution in [1.82, 2.24) is 4.90 Å². The van der Waals surface area contributed by atoms with Crippen LogP contribution in [-0.4, -0.2) is 24.2 Å². The maximum atomic E-state index is 14.3.